The van der Waals surface area contributed by atoms with Gasteiger partial charge in [0.2, 0.25) is 0 Å². The predicted molar refractivity (Wildman–Crippen MR) is 76.0 cm³/mol. The molecule has 0 radical (unpaired) electrons. The average molecular weight is 297 g/mol. The van der Waals surface area contributed by atoms with Gasteiger partial charge in [0.1, 0.15) is 5.82 Å². The van der Waals surface area contributed by atoms with Crippen LogP contribution in [0.1, 0.15) is 25.7 Å². The molecule has 0 bridgehead atoms. The van der Waals surface area contributed by atoms with Gasteiger partial charge in [-0.1, -0.05) is 0 Å². The summed E-state index contributed by atoms with van der Waals surface area (Å²) in [6, 6.07) is 2.01. The molecule has 110 valence electrons. The molecular weight excluding hydrogens is 278 g/mol. The van der Waals surface area contributed by atoms with E-state index in [-0.39, 0.29) is 17.1 Å². The number of rotatable bonds is 4. The molecule has 7 nitrogen and oxygen atoms in total. The number of piperidine rings is 1. The van der Waals surface area contributed by atoms with E-state index < -0.39 is 9.84 Å². The zero-order valence-corrected chi connectivity index (χ0v) is 12.4. The highest BCUT2D eigenvalue weighted by Gasteiger charge is 2.28. The Morgan fingerprint density at radius 1 is 1.35 bits per heavy atom. The van der Waals surface area contributed by atoms with E-state index in [1.165, 1.54) is 4.68 Å². The van der Waals surface area contributed by atoms with Gasteiger partial charge in [-0.25, -0.2) is 13.1 Å². The lowest BCUT2D eigenvalue weighted by molar-refractivity contribution is 0.561. The van der Waals surface area contributed by atoms with Crippen molar-refractivity contribution in [3.8, 4) is 6.07 Å². The maximum atomic E-state index is 12.0. The minimum absolute atomic E-state index is 0.0948. The molecule has 2 rings (SSSR count). The van der Waals surface area contributed by atoms with Crippen molar-refractivity contribution < 1.29 is 8.42 Å². The van der Waals surface area contributed by atoms with Crippen molar-refractivity contribution in [2.24, 2.45) is 0 Å². The molecule has 0 aromatic carbocycles. The third kappa shape index (κ3) is 2.88. The van der Waals surface area contributed by atoms with Crippen molar-refractivity contribution in [2.45, 2.75) is 37.1 Å². The summed E-state index contributed by atoms with van der Waals surface area (Å²) in [6.07, 6.45) is 4.58. The Balaban J connectivity index is 2.45. The highest BCUT2D eigenvalue weighted by atomic mass is 32.2. The first-order valence-electron chi connectivity index (χ1n) is 6.63. The number of nitrogens with two attached hydrogens (primary N) is 1. The van der Waals surface area contributed by atoms with Crippen LogP contribution in [0, 0.1) is 11.3 Å². The van der Waals surface area contributed by atoms with E-state index >= 15 is 0 Å². The Kier molecular flexibility index (Phi) is 4.18. The molecule has 1 fully saturated rings. The van der Waals surface area contributed by atoms with Crippen LogP contribution in [0.25, 0.3) is 0 Å². The van der Waals surface area contributed by atoms with Crippen LogP contribution in [0.5, 0.6) is 0 Å². The van der Waals surface area contributed by atoms with Crippen LogP contribution in [-0.2, 0) is 16.4 Å². The summed E-state index contributed by atoms with van der Waals surface area (Å²) >= 11 is 0. The van der Waals surface area contributed by atoms with E-state index in [9.17, 15) is 8.42 Å². The first kappa shape index (κ1) is 14.7. The van der Waals surface area contributed by atoms with Crippen molar-refractivity contribution in [3.05, 3.63) is 0 Å². The monoisotopic (exact) mass is 297 g/mol. The molecule has 2 N–H and O–H groups in total. The number of nitrogens with zero attached hydrogens (tertiary/aromatic N) is 4. The minimum atomic E-state index is -3.45. The minimum Gasteiger partial charge on any atom is -0.383 e. The third-order valence-corrected chi connectivity index (χ3v) is 4.52. The molecule has 0 atom stereocenters. The maximum absolute atomic E-state index is 12.0. The quantitative estimate of drug-likeness (QED) is 0.880. The van der Waals surface area contributed by atoms with Crippen LogP contribution < -0.4 is 10.6 Å². The van der Waals surface area contributed by atoms with Crippen molar-refractivity contribution in [2.75, 3.05) is 30.0 Å². The summed E-state index contributed by atoms with van der Waals surface area (Å²) in [5.74, 6) is 0.561. The molecule has 1 aliphatic rings. The fourth-order valence-electron chi connectivity index (χ4n) is 2.44. The SMILES string of the molecule is CS(=O)(=O)c1c(N2CCCCC2)nn(CCC#N)c1N. The largest absolute Gasteiger partial charge is 0.383 e. The molecule has 0 aliphatic carbocycles. The van der Waals surface area contributed by atoms with Crippen molar-refractivity contribution in [1.29, 1.82) is 5.26 Å². The highest BCUT2D eigenvalue weighted by Crippen LogP contribution is 2.31. The summed E-state index contributed by atoms with van der Waals surface area (Å²) in [6.45, 7) is 1.88. The summed E-state index contributed by atoms with van der Waals surface area (Å²) in [4.78, 5) is 2.07. The Morgan fingerprint density at radius 2 is 2.00 bits per heavy atom. The van der Waals surface area contributed by atoms with Gasteiger partial charge in [-0.3, -0.25) is 0 Å². The molecule has 8 heteroatoms. The van der Waals surface area contributed by atoms with Gasteiger partial charge in [-0.2, -0.15) is 10.4 Å². The number of aromatic nitrogens is 2. The molecule has 1 saturated heterocycles. The van der Waals surface area contributed by atoms with Crippen LogP contribution in [0.4, 0.5) is 11.6 Å². The Bertz CT molecular complexity index is 623. The number of nitriles is 1. The molecule has 0 spiro atoms. The lowest BCUT2D eigenvalue weighted by Crippen LogP contribution is -2.31. The van der Waals surface area contributed by atoms with E-state index in [0.717, 1.165) is 38.6 Å². The second-order valence-electron chi connectivity index (χ2n) is 4.99. The molecule has 1 aromatic rings. The Labute approximate surface area is 118 Å². The van der Waals surface area contributed by atoms with Crippen LogP contribution >= 0.6 is 0 Å². The second kappa shape index (κ2) is 5.71. The molecule has 0 saturated carbocycles. The molecule has 2 heterocycles. The third-order valence-electron chi connectivity index (χ3n) is 3.39. The average Bonchev–Trinajstić information content (AvgIpc) is 2.74. The van der Waals surface area contributed by atoms with E-state index in [1.54, 1.807) is 0 Å². The zero-order chi connectivity index (χ0) is 14.8. The van der Waals surface area contributed by atoms with Crippen LogP contribution in [0.3, 0.4) is 0 Å². The number of anilines is 2. The fraction of sp³-hybridized carbons (Fsp3) is 0.667. The van der Waals surface area contributed by atoms with Crippen molar-refractivity contribution >= 4 is 21.5 Å². The first-order valence-corrected chi connectivity index (χ1v) is 8.52. The number of hydrogen-bond donors (Lipinski definition) is 1. The van der Waals surface area contributed by atoms with Gasteiger partial charge in [0.15, 0.2) is 20.6 Å². The van der Waals surface area contributed by atoms with E-state index in [4.69, 9.17) is 11.0 Å². The van der Waals surface area contributed by atoms with Gasteiger partial charge in [0.05, 0.1) is 19.0 Å². The van der Waals surface area contributed by atoms with Gasteiger partial charge < -0.3 is 10.6 Å². The molecule has 1 aliphatic heterocycles. The normalized spacial score (nSPS) is 16.1. The van der Waals surface area contributed by atoms with E-state index in [2.05, 4.69) is 5.10 Å². The summed E-state index contributed by atoms with van der Waals surface area (Å²) in [7, 11) is -3.45. The summed E-state index contributed by atoms with van der Waals surface area (Å²) < 4.78 is 25.4. The topological polar surface area (TPSA) is 105 Å². The molecule has 0 unspecified atom stereocenters. The van der Waals surface area contributed by atoms with E-state index in [0.29, 0.717) is 12.4 Å². The summed E-state index contributed by atoms with van der Waals surface area (Å²) in [5.41, 5.74) is 5.92. The van der Waals surface area contributed by atoms with E-state index in [1.807, 2.05) is 11.0 Å². The molecule has 0 amide bonds. The molecule has 20 heavy (non-hydrogen) atoms. The number of nitrogen functional groups attached to an aromatic ring is 1. The fourth-order valence-corrected chi connectivity index (χ4v) is 3.43. The molecule has 1 aromatic heterocycles. The Hall–Kier alpha value is -1.75. The van der Waals surface area contributed by atoms with Gasteiger partial charge in [-0.05, 0) is 19.3 Å². The van der Waals surface area contributed by atoms with Gasteiger partial charge in [0, 0.05) is 19.3 Å². The van der Waals surface area contributed by atoms with Gasteiger partial charge in [-0.15, -0.1) is 0 Å². The number of sulfone groups is 1. The van der Waals surface area contributed by atoms with Crippen molar-refractivity contribution in [1.82, 2.24) is 9.78 Å². The first-order chi connectivity index (χ1) is 9.45. The highest BCUT2D eigenvalue weighted by molar-refractivity contribution is 7.91. The van der Waals surface area contributed by atoms with Gasteiger partial charge >= 0.3 is 0 Å². The van der Waals surface area contributed by atoms with Crippen LogP contribution in [0.15, 0.2) is 4.90 Å². The van der Waals surface area contributed by atoms with Crippen LogP contribution in [-0.4, -0.2) is 37.5 Å². The number of aryl methyl sites for hydroxylation is 1. The van der Waals surface area contributed by atoms with Crippen molar-refractivity contribution in [3.63, 3.8) is 0 Å². The standard InChI is InChI=1S/C12H19N5O2S/c1-20(18,19)10-11(14)17(9-5-6-13)15-12(10)16-7-3-2-4-8-16/h2-5,7-9,14H2,1H3. The second-order valence-corrected chi connectivity index (χ2v) is 6.94. The van der Waals surface area contributed by atoms with Gasteiger partial charge in [0.25, 0.3) is 0 Å². The molecular formula is C12H19N5O2S. The maximum Gasteiger partial charge on any atom is 0.182 e. The van der Waals surface area contributed by atoms with Crippen LogP contribution in [0.2, 0.25) is 0 Å². The summed E-state index contributed by atoms with van der Waals surface area (Å²) in [5, 5.41) is 13.0. The smallest absolute Gasteiger partial charge is 0.182 e. The Morgan fingerprint density at radius 3 is 2.55 bits per heavy atom. The number of hydrogen-bond acceptors (Lipinski definition) is 6. The zero-order valence-electron chi connectivity index (χ0n) is 11.5. The lowest BCUT2D eigenvalue weighted by Gasteiger charge is -2.27. The predicted octanol–water partition coefficient (Wildman–Crippen LogP) is 0.773. The lowest BCUT2D eigenvalue weighted by atomic mass is 10.1.